The Bertz CT molecular complexity index is 721. The van der Waals surface area contributed by atoms with Crippen LogP contribution in [0.2, 0.25) is 0 Å². The average molecular weight is 327 g/mol. The van der Waals surface area contributed by atoms with Crippen LogP contribution in [0.1, 0.15) is 61.8 Å². The minimum Gasteiger partial charge on any atom is -0.353 e. The Morgan fingerprint density at radius 1 is 0.957 bits per heavy atom. The lowest BCUT2D eigenvalue weighted by molar-refractivity contribution is 0.243. The van der Waals surface area contributed by atoms with Gasteiger partial charge < -0.3 is 4.90 Å². The maximum atomic E-state index is 4.82. The van der Waals surface area contributed by atoms with E-state index in [0.29, 0.717) is 0 Å². The molecule has 1 aliphatic heterocycles. The number of nitrogens with zero attached hydrogens (tertiary/aromatic N) is 3. The van der Waals surface area contributed by atoms with Gasteiger partial charge in [0.2, 0.25) is 0 Å². The van der Waals surface area contributed by atoms with E-state index in [-0.39, 0.29) is 0 Å². The largest absolute Gasteiger partial charge is 0.353 e. The van der Waals surface area contributed by atoms with E-state index in [4.69, 9.17) is 4.98 Å². The third-order valence-electron chi connectivity index (χ3n) is 6.25. The highest BCUT2D eigenvalue weighted by Crippen LogP contribution is 2.43. The zero-order valence-electron chi connectivity index (χ0n) is 13.8. The van der Waals surface area contributed by atoms with E-state index in [1.807, 2.05) is 17.7 Å². The highest BCUT2D eigenvalue weighted by atomic mass is 32.1. The lowest BCUT2D eigenvalue weighted by Crippen LogP contribution is -2.47. The minimum absolute atomic E-state index is 0.731. The number of thiophene rings is 1. The first-order chi connectivity index (χ1) is 11.4. The Kier molecular flexibility index (Phi) is 3.54. The summed E-state index contributed by atoms with van der Waals surface area (Å²) in [6, 6.07) is 0.731. The third-order valence-corrected chi connectivity index (χ3v) is 7.45. The molecule has 0 aromatic carbocycles. The predicted octanol–water partition coefficient (Wildman–Crippen LogP) is 4.73. The molecule has 0 bridgehead atoms. The lowest BCUT2D eigenvalue weighted by atomic mass is 9.78. The predicted molar refractivity (Wildman–Crippen MR) is 96.4 cm³/mol. The maximum Gasteiger partial charge on any atom is 0.141 e. The number of hydrogen-bond acceptors (Lipinski definition) is 4. The first-order valence-electron chi connectivity index (χ1n) is 9.44. The van der Waals surface area contributed by atoms with Gasteiger partial charge in [-0.3, -0.25) is 0 Å². The summed E-state index contributed by atoms with van der Waals surface area (Å²) >= 11 is 1.93. The van der Waals surface area contributed by atoms with E-state index in [9.17, 15) is 0 Å². The van der Waals surface area contributed by atoms with E-state index in [1.54, 1.807) is 10.4 Å². The van der Waals surface area contributed by atoms with Crippen molar-refractivity contribution in [2.24, 2.45) is 5.92 Å². The molecular weight excluding hydrogens is 302 g/mol. The second kappa shape index (κ2) is 5.73. The summed E-state index contributed by atoms with van der Waals surface area (Å²) in [7, 11) is 0. The van der Waals surface area contributed by atoms with Crippen molar-refractivity contribution in [3.05, 3.63) is 16.8 Å². The second-order valence-electron chi connectivity index (χ2n) is 7.54. The molecule has 1 saturated carbocycles. The normalized spacial score (nSPS) is 27.7. The molecule has 2 aliphatic carbocycles. The summed E-state index contributed by atoms with van der Waals surface area (Å²) in [4.78, 5) is 15.0. The first-order valence-corrected chi connectivity index (χ1v) is 10.3. The lowest BCUT2D eigenvalue weighted by Gasteiger charge is -2.45. The van der Waals surface area contributed by atoms with Crippen molar-refractivity contribution in [1.29, 1.82) is 0 Å². The van der Waals surface area contributed by atoms with Crippen molar-refractivity contribution >= 4 is 27.4 Å². The van der Waals surface area contributed by atoms with E-state index in [0.717, 1.165) is 12.0 Å². The highest BCUT2D eigenvalue weighted by Gasteiger charge is 2.35. The van der Waals surface area contributed by atoms with Gasteiger partial charge in [-0.15, -0.1) is 11.3 Å². The number of aryl methyl sites for hydroxylation is 2. The molecule has 0 amide bonds. The molecule has 23 heavy (non-hydrogen) atoms. The summed E-state index contributed by atoms with van der Waals surface area (Å²) in [5.41, 5.74) is 1.59. The number of fused-ring (bicyclic) bond motifs is 4. The molecule has 0 N–H and O–H groups in total. The number of rotatable bonds is 1. The van der Waals surface area contributed by atoms with Crippen LogP contribution in [-0.2, 0) is 12.8 Å². The van der Waals surface area contributed by atoms with E-state index in [2.05, 4.69) is 9.88 Å². The summed E-state index contributed by atoms with van der Waals surface area (Å²) in [5, 5.41) is 1.42. The topological polar surface area (TPSA) is 29.0 Å². The van der Waals surface area contributed by atoms with E-state index < -0.39 is 0 Å². The van der Waals surface area contributed by atoms with Crippen LogP contribution in [-0.4, -0.2) is 22.6 Å². The highest BCUT2D eigenvalue weighted by molar-refractivity contribution is 7.19. The third kappa shape index (κ3) is 2.29. The van der Waals surface area contributed by atoms with Crippen molar-refractivity contribution < 1.29 is 0 Å². The monoisotopic (exact) mass is 327 g/mol. The van der Waals surface area contributed by atoms with Crippen molar-refractivity contribution in [3.63, 3.8) is 0 Å². The summed E-state index contributed by atoms with van der Waals surface area (Å²) in [5.74, 6) is 2.17. The molecule has 2 aromatic heterocycles. The summed E-state index contributed by atoms with van der Waals surface area (Å²) < 4.78 is 0. The van der Waals surface area contributed by atoms with Gasteiger partial charge in [0, 0.05) is 17.5 Å². The van der Waals surface area contributed by atoms with Crippen LogP contribution in [0.15, 0.2) is 6.33 Å². The Balaban J connectivity index is 1.63. The van der Waals surface area contributed by atoms with Gasteiger partial charge in [-0.2, -0.15) is 0 Å². The van der Waals surface area contributed by atoms with Gasteiger partial charge in [-0.1, -0.05) is 12.8 Å². The first kappa shape index (κ1) is 14.2. The molecule has 122 valence electrons. The van der Waals surface area contributed by atoms with Gasteiger partial charge in [0.05, 0.1) is 5.39 Å². The van der Waals surface area contributed by atoms with Crippen LogP contribution in [0.5, 0.6) is 0 Å². The van der Waals surface area contributed by atoms with Gasteiger partial charge >= 0.3 is 0 Å². The zero-order chi connectivity index (χ0) is 15.2. The fraction of sp³-hybridized carbons (Fsp3) is 0.684. The van der Waals surface area contributed by atoms with Crippen molar-refractivity contribution in [2.75, 3.05) is 11.4 Å². The fourth-order valence-corrected chi connectivity index (χ4v) is 6.40. The molecule has 2 aromatic rings. The molecular formula is C19H25N3S. The molecule has 1 saturated heterocycles. The van der Waals surface area contributed by atoms with Gasteiger partial charge in [0.25, 0.3) is 0 Å². The number of anilines is 1. The molecule has 0 radical (unpaired) electrons. The molecule has 0 spiro atoms. The smallest absolute Gasteiger partial charge is 0.141 e. The molecule has 4 heteroatoms. The molecule has 2 fully saturated rings. The van der Waals surface area contributed by atoms with Crippen LogP contribution in [0.3, 0.4) is 0 Å². The van der Waals surface area contributed by atoms with Crippen LogP contribution in [0, 0.1) is 5.92 Å². The quantitative estimate of drug-likeness (QED) is 0.758. The van der Waals surface area contributed by atoms with Gasteiger partial charge in [-0.25, -0.2) is 9.97 Å². The number of piperidine rings is 1. The van der Waals surface area contributed by atoms with Crippen LogP contribution < -0.4 is 4.90 Å². The standard InChI is InChI=1S/C19H25N3S/c1-3-9-15-13(6-1)7-5-11-22(15)18-17-14-8-2-4-10-16(14)23-19(17)21-12-20-18/h12-13,15H,1-11H2. The van der Waals surface area contributed by atoms with Crippen molar-refractivity contribution in [2.45, 2.75) is 70.3 Å². The average Bonchev–Trinajstić information content (AvgIpc) is 3.00. The van der Waals surface area contributed by atoms with Gasteiger partial charge in [-0.05, 0) is 62.8 Å². The Morgan fingerprint density at radius 2 is 1.83 bits per heavy atom. The zero-order valence-corrected chi connectivity index (χ0v) is 14.6. The Morgan fingerprint density at radius 3 is 2.83 bits per heavy atom. The summed E-state index contributed by atoms with van der Waals surface area (Å²) in [6.45, 7) is 1.19. The van der Waals surface area contributed by atoms with Crippen LogP contribution in [0.4, 0.5) is 5.82 Å². The molecule has 2 unspecified atom stereocenters. The number of aromatic nitrogens is 2. The van der Waals surface area contributed by atoms with Gasteiger partial charge in [0.1, 0.15) is 17.0 Å². The van der Waals surface area contributed by atoms with Crippen LogP contribution >= 0.6 is 11.3 Å². The molecule has 2 atom stereocenters. The second-order valence-corrected chi connectivity index (χ2v) is 8.62. The van der Waals surface area contributed by atoms with Crippen LogP contribution in [0.25, 0.3) is 10.2 Å². The Labute approximate surface area is 142 Å². The van der Waals surface area contributed by atoms with Crippen molar-refractivity contribution in [1.82, 2.24) is 9.97 Å². The molecule has 3 heterocycles. The van der Waals surface area contributed by atoms with Crippen molar-refractivity contribution in [3.8, 4) is 0 Å². The molecule has 5 rings (SSSR count). The maximum absolute atomic E-state index is 4.82. The molecule has 3 nitrogen and oxygen atoms in total. The van der Waals surface area contributed by atoms with Gasteiger partial charge in [0.15, 0.2) is 0 Å². The van der Waals surface area contributed by atoms with E-state index >= 15 is 0 Å². The van der Waals surface area contributed by atoms with E-state index in [1.165, 1.54) is 86.8 Å². The minimum atomic E-state index is 0.731. The fourth-order valence-electron chi connectivity index (χ4n) is 5.18. The Hall–Kier alpha value is -1.16. The molecule has 3 aliphatic rings. The number of hydrogen-bond donors (Lipinski definition) is 0. The summed E-state index contributed by atoms with van der Waals surface area (Å²) in [6.07, 6.45) is 15.4. The SMILES string of the molecule is c1nc(N2CCCC3CCCCC32)c2c3c(sc2n1)CCCC3.